The van der Waals surface area contributed by atoms with Crippen molar-refractivity contribution < 1.29 is 37.6 Å². The molecule has 3 N–H and O–H groups in total. The second-order valence-corrected chi connectivity index (χ2v) is 25.1. The summed E-state index contributed by atoms with van der Waals surface area (Å²) in [4.78, 5) is 35.3. The first-order valence-corrected chi connectivity index (χ1v) is 37.2. The standard InChI is InChI=1S/C75H134NO8P/c1-3-5-7-9-11-13-15-17-19-21-23-25-27-28-29-30-31-32-33-34-35-36-37-38-39-40-41-42-43-44-46-48-50-52-54-56-58-60-62-64-66-68-75(78)84-73(72-83-85(79,80)82-70-69-76)71-81-74(77)67-65-63-61-59-57-55-53-51-49-47-45-26-24-22-20-18-16-14-12-10-8-6-4-2/h5-8,11-14,17-20,23-26,73H,3-4,9-10,15-16,21-22,27-72,76H2,1-2H3,(H,79,80)/b7-5-,8-6-,13-11-,14-12-,19-17-,20-18-,25-23-,26-24-. The third kappa shape index (κ3) is 69.9. The summed E-state index contributed by atoms with van der Waals surface area (Å²) >= 11 is 0. The molecule has 85 heavy (non-hydrogen) atoms. The molecule has 492 valence electrons. The van der Waals surface area contributed by atoms with Crippen LogP contribution >= 0.6 is 7.82 Å². The maximum atomic E-state index is 12.8. The number of esters is 2. The van der Waals surface area contributed by atoms with Crippen molar-refractivity contribution in [2.24, 2.45) is 5.73 Å². The monoisotopic (exact) mass is 1210 g/mol. The summed E-state index contributed by atoms with van der Waals surface area (Å²) in [7, 11) is -4.40. The number of carbonyl (C=O) groups is 2. The summed E-state index contributed by atoms with van der Waals surface area (Å²) in [5.41, 5.74) is 5.40. The molecule has 2 unspecified atom stereocenters. The Bertz CT molecular complexity index is 1720. The quantitative estimate of drug-likeness (QED) is 0.0264. The van der Waals surface area contributed by atoms with Crippen LogP contribution < -0.4 is 5.73 Å². The smallest absolute Gasteiger partial charge is 0.462 e. The van der Waals surface area contributed by atoms with Gasteiger partial charge in [0.15, 0.2) is 6.10 Å². The second kappa shape index (κ2) is 70.0. The summed E-state index contributed by atoms with van der Waals surface area (Å²) in [6.45, 7) is 3.55. The number of ether oxygens (including phenoxy) is 2. The number of hydrogen-bond acceptors (Lipinski definition) is 8. The van der Waals surface area contributed by atoms with E-state index in [0.717, 1.165) is 96.3 Å². The molecule has 9 nitrogen and oxygen atoms in total. The minimum absolute atomic E-state index is 0.0515. The molecule has 0 spiro atoms. The maximum Gasteiger partial charge on any atom is 0.472 e. The van der Waals surface area contributed by atoms with Crippen molar-refractivity contribution in [3.8, 4) is 0 Å². The van der Waals surface area contributed by atoms with Gasteiger partial charge in [-0.1, -0.05) is 329 Å². The van der Waals surface area contributed by atoms with Crippen LogP contribution in [0.3, 0.4) is 0 Å². The highest BCUT2D eigenvalue weighted by Crippen LogP contribution is 2.43. The Morgan fingerprint density at radius 3 is 0.906 bits per heavy atom. The molecule has 0 heterocycles. The fourth-order valence-electron chi connectivity index (χ4n) is 10.3. The third-order valence-corrected chi connectivity index (χ3v) is 16.4. The van der Waals surface area contributed by atoms with Gasteiger partial charge in [-0.25, -0.2) is 4.57 Å². The molecule has 2 atom stereocenters. The van der Waals surface area contributed by atoms with E-state index >= 15 is 0 Å². The van der Waals surface area contributed by atoms with E-state index in [-0.39, 0.29) is 38.6 Å². The molecule has 0 fully saturated rings. The van der Waals surface area contributed by atoms with Crippen molar-refractivity contribution in [2.75, 3.05) is 26.4 Å². The van der Waals surface area contributed by atoms with Crippen molar-refractivity contribution >= 4 is 19.8 Å². The molecular weight excluding hydrogens is 1070 g/mol. The summed E-state index contributed by atoms with van der Waals surface area (Å²) in [6, 6.07) is 0. The zero-order chi connectivity index (χ0) is 61.6. The first-order valence-electron chi connectivity index (χ1n) is 35.7. The van der Waals surface area contributed by atoms with E-state index in [9.17, 15) is 19.0 Å². The van der Waals surface area contributed by atoms with Gasteiger partial charge in [0.2, 0.25) is 0 Å². The summed E-state index contributed by atoms with van der Waals surface area (Å²) in [5, 5.41) is 0. The first kappa shape index (κ1) is 81.9. The van der Waals surface area contributed by atoms with Crippen molar-refractivity contribution in [3.05, 3.63) is 97.2 Å². The van der Waals surface area contributed by atoms with Crippen LogP contribution in [-0.4, -0.2) is 49.3 Å². The van der Waals surface area contributed by atoms with Gasteiger partial charge in [-0.3, -0.25) is 18.6 Å². The Labute approximate surface area is 525 Å². The van der Waals surface area contributed by atoms with Gasteiger partial charge in [0.25, 0.3) is 0 Å². The maximum absolute atomic E-state index is 12.8. The largest absolute Gasteiger partial charge is 0.472 e. The normalized spacial score (nSPS) is 13.5. The van der Waals surface area contributed by atoms with Gasteiger partial charge in [0.05, 0.1) is 13.2 Å². The summed E-state index contributed by atoms with van der Waals surface area (Å²) in [6.07, 6.45) is 95.2. The summed E-state index contributed by atoms with van der Waals surface area (Å²) < 4.78 is 33.2. The molecule has 0 rings (SSSR count). The number of hydrogen-bond donors (Lipinski definition) is 2. The molecular formula is C75H134NO8P. The number of phosphoric ester groups is 1. The predicted octanol–water partition coefficient (Wildman–Crippen LogP) is 23.5. The number of phosphoric acid groups is 1. The van der Waals surface area contributed by atoms with Gasteiger partial charge in [-0.15, -0.1) is 0 Å². The summed E-state index contributed by atoms with van der Waals surface area (Å²) in [5.74, 6) is -0.821. The van der Waals surface area contributed by atoms with Gasteiger partial charge in [-0.05, 0) is 89.9 Å². The van der Waals surface area contributed by atoms with Gasteiger partial charge in [0.1, 0.15) is 6.61 Å². The lowest BCUT2D eigenvalue weighted by atomic mass is 10.0. The Hall–Kier alpha value is -3.07. The Kier molecular flexibility index (Phi) is 67.5. The van der Waals surface area contributed by atoms with Crippen molar-refractivity contribution in [1.82, 2.24) is 0 Å². The van der Waals surface area contributed by atoms with Gasteiger partial charge >= 0.3 is 19.8 Å². The SMILES string of the molecule is CC/C=C\C/C=C\C/C=C\C/C=C\CCCCCCCCCCCCCCCCCCCCCCCCCCCCCCC(=O)OC(COC(=O)CCCCCCCCCCCC/C=C\C/C=C\C/C=C\C/C=C\CC)COP(=O)(O)OCCN. The molecule has 0 aromatic carbocycles. The lowest BCUT2D eigenvalue weighted by Gasteiger charge is -2.19. The third-order valence-electron chi connectivity index (χ3n) is 15.5. The zero-order valence-corrected chi connectivity index (χ0v) is 56.2. The number of nitrogens with two attached hydrogens (primary N) is 1. The van der Waals surface area contributed by atoms with E-state index in [1.165, 1.54) is 205 Å². The van der Waals surface area contributed by atoms with E-state index in [2.05, 4.69) is 111 Å². The highest BCUT2D eigenvalue weighted by atomic mass is 31.2. The average Bonchev–Trinajstić information content (AvgIpc) is 3.52. The topological polar surface area (TPSA) is 134 Å². The molecule has 0 saturated carbocycles. The highest BCUT2D eigenvalue weighted by molar-refractivity contribution is 7.47. The van der Waals surface area contributed by atoms with Crippen LogP contribution in [0, 0.1) is 0 Å². The van der Waals surface area contributed by atoms with Crippen LogP contribution in [0.5, 0.6) is 0 Å². The van der Waals surface area contributed by atoms with Crippen LogP contribution in [0.1, 0.15) is 335 Å². The lowest BCUT2D eigenvalue weighted by Crippen LogP contribution is -2.29. The Balaban J connectivity index is 3.78. The fraction of sp³-hybridized carbons (Fsp3) is 0.760. The molecule has 10 heteroatoms. The minimum Gasteiger partial charge on any atom is -0.462 e. The van der Waals surface area contributed by atoms with Crippen LogP contribution in [0.25, 0.3) is 0 Å². The fourth-order valence-corrected chi connectivity index (χ4v) is 11.0. The molecule has 0 radical (unpaired) electrons. The highest BCUT2D eigenvalue weighted by Gasteiger charge is 2.26. The second-order valence-electron chi connectivity index (χ2n) is 23.7. The number of carbonyl (C=O) groups excluding carboxylic acids is 2. The van der Waals surface area contributed by atoms with E-state index in [4.69, 9.17) is 24.3 Å². The molecule has 0 aromatic rings. The Morgan fingerprint density at radius 2 is 0.612 bits per heavy atom. The molecule has 0 saturated heterocycles. The van der Waals surface area contributed by atoms with Gasteiger partial charge in [-0.2, -0.15) is 0 Å². The molecule has 0 aliphatic carbocycles. The first-order chi connectivity index (χ1) is 41.8. The van der Waals surface area contributed by atoms with Crippen LogP contribution in [0.4, 0.5) is 0 Å². The molecule has 0 aliphatic rings. The van der Waals surface area contributed by atoms with E-state index in [0.29, 0.717) is 6.42 Å². The number of rotatable bonds is 67. The zero-order valence-electron chi connectivity index (χ0n) is 55.3. The number of allylic oxidation sites excluding steroid dienone is 16. The van der Waals surface area contributed by atoms with E-state index in [1.54, 1.807) is 0 Å². The van der Waals surface area contributed by atoms with E-state index < -0.39 is 26.5 Å². The Morgan fingerprint density at radius 1 is 0.353 bits per heavy atom. The molecule has 0 aromatic heterocycles. The lowest BCUT2D eigenvalue weighted by molar-refractivity contribution is -0.161. The molecule has 0 bridgehead atoms. The minimum atomic E-state index is -4.40. The van der Waals surface area contributed by atoms with Crippen LogP contribution in [-0.2, 0) is 32.7 Å². The van der Waals surface area contributed by atoms with Gasteiger partial charge < -0.3 is 20.1 Å². The van der Waals surface area contributed by atoms with Crippen molar-refractivity contribution in [2.45, 2.75) is 341 Å². The predicted molar refractivity (Wildman–Crippen MR) is 367 cm³/mol. The van der Waals surface area contributed by atoms with Crippen LogP contribution in [0.2, 0.25) is 0 Å². The molecule has 0 aliphatic heterocycles. The van der Waals surface area contributed by atoms with Crippen molar-refractivity contribution in [1.29, 1.82) is 0 Å². The average molecular weight is 1210 g/mol. The van der Waals surface area contributed by atoms with Gasteiger partial charge in [0, 0.05) is 19.4 Å². The van der Waals surface area contributed by atoms with E-state index in [1.807, 2.05) is 0 Å². The molecule has 0 amide bonds. The van der Waals surface area contributed by atoms with Crippen LogP contribution in [0.15, 0.2) is 97.2 Å². The number of unbranched alkanes of at least 4 members (excludes halogenated alkanes) is 38. The van der Waals surface area contributed by atoms with Crippen molar-refractivity contribution in [3.63, 3.8) is 0 Å².